The van der Waals surface area contributed by atoms with E-state index in [1.807, 2.05) is 24.3 Å². The van der Waals surface area contributed by atoms with E-state index < -0.39 is 0 Å². The number of hydrogen-bond donors (Lipinski definition) is 1. The van der Waals surface area contributed by atoms with Crippen LogP contribution in [0.5, 0.6) is 0 Å². The average Bonchev–Trinajstić information content (AvgIpc) is 2.63. The zero-order chi connectivity index (χ0) is 16.4. The van der Waals surface area contributed by atoms with E-state index in [0.29, 0.717) is 12.5 Å². The van der Waals surface area contributed by atoms with Crippen LogP contribution in [0.3, 0.4) is 0 Å². The van der Waals surface area contributed by atoms with Gasteiger partial charge in [-0.1, -0.05) is 49.2 Å². The SMILES string of the molecule is O=C(NCc1ccccn1)N1C[C@H]2CCCC[C@@]21c1ccccc1. The second kappa shape index (κ2) is 6.27. The van der Waals surface area contributed by atoms with E-state index >= 15 is 0 Å². The van der Waals surface area contributed by atoms with Gasteiger partial charge in [-0.15, -0.1) is 0 Å². The Kier molecular flexibility index (Phi) is 3.97. The van der Waals surface area contributed by atoms with Crippen LogP contribution in [0.1, 0.15) is 36.9 Å². The molecule has 4 nitrogen and oxygen atoms in total. The van der Waals surface area contributed by atoms with Crippen LogP contribution >= 0.6 is 0 Å². The lowest BCUT2D eigenvalue weighted by Crippen LogP contribution is -2.69. The minimum Gasteiger partial charge on any atom is -0.332 e. The summed E-state index contributed by atoms with van der Waals surface area (Å²) in [5.74, 6) is 0.592. The molecule has 124 valence electrons. The summed E-state index contributed by atoms with van der Waals surface area (Å²) in [6.07, 6.45) is 6.52. The van der Waals surface area contributed by atoms with Gasteiger partial charge in [-0.2, -0.15) is 0 Å². The van der Waals surface area contributed by atoms with E-state index in [1.54, 1.807) is 6.20 Å². The molecule has 2 heterocycles. The normalized spacial score (nSPS) is 25.5. The van der Waals surface area contributed by atoms with Gasteiger partial charge >= 0.3 is 6.03 Å². The molecule has 1 N–H and O–H groups in total. The zero-order valence-electron chi connectivity index (χ0n) is 13.8. The molecule has 0 spiro atoms. The molecule has 2 atom stereocenters. The number of carbonyl (C=O) groups is 1. The maximum absolute atomic E-state index is 12.8. The van der Waals surface area contributed by atoms with Crippen molar-refractivity contribution in [1.82, 2.24) is 15.2 Å². The number of likely N-dealkylation sites (tertiary alicyclic amines) is 1. The van der Waals surface area contributed by atoms with Crippen molar-refractivity contribution >= 4 is 6.03 Å². The minimum atomic E-state index is -0.103. The number of fused-ring (bicyclic) bond motifs is 1. The predicted octanol–water partition coefficient (Wildman–Crippen LogP) is 3.69. The first-order valence-corrected chi connectivity index (χ1v) is 8.81. The first-order valence-electron chi connectivity index (χ1n) is 8.81. The van der Waals surface area contributed by atoms with Gasteiger partial charge in [-0.05, 0) is 30.5 Å². The summed E-state index contributed by atoms with van der Waals surface area (Å²) in [5, 5.41) is 3.05. The van der Waals surface area contributed by atoms with Crippen molar-refractivity contribution in [3.8, 4) is 0 Å². The summed E-state index contributed by atoms with van der Waals surface area (Å²) in [4.78, 5) is 19.1. The third-order valence-electron chi connectivity index (χ3n) is 5.59. The molecule has 2 aromatic rings. The molecule has 1 saturated carbocycles. The number of aromatic nitrogens is 1. The highest BCUT2D eigenvalue weighted by molar-refractivity contribution is 5.77. The van der Waals surface area contributed by atoms with Crippen molar-refractivity contribution in [2.45, 2.75) is 37.8 Å². The fourth-order valence-electron chi connectivity index (χ4n) is 4.39. The van der Waals surface area contributed by atoms with Crippen molar-refractivity contribution in [1.29, 1.82) is 0 Å². The third kappa shape index (κ3) is 2.46. The van der Waals surface area contributed by atoms with Gasteiger partial charge in [0.15, 0.2) is 0 Å². The van der Waals surface area contributed by atoms with Crippen molar-refractivity contribution in [3.05, 3.63) is 66.0 Å². The van der Waals surface area contributed by atoms with Crippen molar-refractivity contribution in [3.63, 3.8) is 0 Å². The maximum Gasteiger partial charge on any atom is 0.318 e. The fraction of sp³-hybridized carbons (Fsp3) is 0.400. The lowest BCUT2D eigenvalue weighted by Gasteiger charge is -2.61. The van der Waals surface area contributed by atoms with Crippen LogP contribution in [0.25, 0.3) is 0 Å². The molecule has 1 saturated heterocycles. The Morgan fingerprint density at radius 1 is 1.17 bits per heavy atom. The number of amides is 2. The van der Waals surface area contributed by atoms with Crippen LogP contribution in [0.2, 0.25) is 0 Å². The number of benzene rings is 1. The zero-order valence-corrected chi connectivity index (χ0v) is 13.8. The molecule has 0 radical (unpaired) electrons. The molecular formula is C20H23N3O. The number of rotatable bonds is 3. The molecule has 24 heavy (non-hydrogen) atoms. The van der Waals surface area contributed by atoms with E-state index in [1.165, 1.54) is 24.8 Å². The summed E-state index contributed by atoms with van der Waals surface area (Å²) in [7, 11) is 0. The van der Waals surface area contributed by atoms with Gasteiger partial charge in [-0.25, -0.2) is 4.79 Å². The van der Waals surface area contributed by atoms with E-state index in [0.717, 1.165) is 18.7 Å². The summed E-state index contributed by atoms with van der Waals surface area (Å²) in [6.45, 7) is 1.34. The summed E-state index contributed by atoms with van der Waals surface area (Å²) >= 11 is 0. The quantitative estimate of drug-likeness (QED) is 0.937. The minimum absolute atomic E-state index is 0.0302. The Hall–Kier alpha value is -2.36. The fourth-order valence-corrected chi connectivity index (χ4v) is 4.39. The Labute approximate surface area is 142 Å². The van der Waals surface area contributed by atoms with Crippen LogP contribution in [0, 0.1) is 5.92 Å². The van der Waals surface area contributed by atoms with Gasteiger partial charge in [0.2, 0.25) is 0 Å². The van der Waals surface area contributed by atoms with Crippen LogP contribution in [-0.2, 0) is 12.1 Å². The van der Waals surface area contributed by atoms with Gasteiger partial charge in [0.1, 0.15) is 0 Å². The summed E-state index contributed by atoms with van der Waals surface area (Å²) in [6, 6.07) is 16.4. The Bertz CT molecular complexity index is 703. The molecular weight excluding hydrogens is 298 g/mol. The molecule has 2 fully saturated rings. The van der Waals surface area contributed by atoms with E-state index in [4.69, 9.17) is 0 Å². The van der Waals surface area contributed by atoms with Crippen molar-refractivity contribution < 1.29 is 4.79 Å². The highest BCUT2D eigenvalue weighted by Gasteiger charge is 2.56. The third-order valence-corrected chi connectivity index (χ3v) is 5.59. The van der Waals surface area contributed by atoms with Gasteiger partial charge in [0.25, 0.3) is 0 Å². The Balaban J connectivity index is 1.53. The highest BCUT2D eigenvalue weighted by Crippen LogP contribution is 2.53. The van der Waals surface area contributed by atoms with Gasteiger partial charge < -0.3 is 10.2 Å². The number of urea groups is 1. The van der Waals surface area contributed by atoms with E-state index in [-0.39, 0.29) is 11.6 Å². The second-order valence-corrected chi connectivity index (χ2v) is 6.82. The molecule has 2 amide bonds. The first-order chi connectivity index (χ1) is 11.8. The smallest absolute Gasteiger partial charge is 0.318 e. The predicted molar refractivity (Wildman–Crippen MR) is 93.3 cm³/mol. The molecule has 1 aromatic carbocycles. The molecule has 1 aliphatic carbocycles. The van der Waals surface area contributed by atoms with E-state index in [2.05, 4.69) is 39.5 Å². The topological polar surface area (TPSA) is 45.2 Å². The number of carbonyl (C=O) groups excluding carboxylic acids is 1. The summed E-state index contributed by atoms with van der Waals surface area (Å²) < 4.78 is 0. The lowest BCUT2D eigenvalue weighted by molar-refractivity contribution is -0.0794. The molecule has 1 aromatic heterocycles. The van der Waals surface area contributed by atoms with Crippen LogP contribution in [0.15, 0.2) is 54.7 Å². The van der Waals surface area contributed by atoms with Crippen LogP contribution in [-0.4, -0.2) is 22.5 Å². The Morgan fingerprint density at radius 3 is 2.75 bits per heavy atom. The van der Waals surface area contributed by atoms with E-state index in [9.17, 15) is 4.79 Å². The molecule has 0 unspecified atom stereocenters. The molecule has 4 heteroatoms. The molecule has 2 aliphatic rings. The van der Waals surface area contributed by atoms with Crippen molar-refractivity contribution in [2.24, 2.45) is 5.92 Å². The largest absolute Gasteiger partial charge is 0.332 e. The number of nitrogens with zero attached hydrogens (tertiary/aromatic N) is 2. The monoisotopic (exact) mass is 321 g/mol. The second-order valence-electron chi connectivity index (χ2n) is 6.82. The molecule has 1 aliphatic heterocycles. The maximum atomic E-state index is 12.8. The number of hydrogen-bond acceptors (Lipinski definition) is 2. The average molecular weight is 321 g/mol. The number of nitrogens with one attached hydrogen (secondary N) is 1. The summed E-state index contributed by atoms with van der Waals surface area (Å²) in [5.41, 5.74) is 2.07. The molecule has 0 bridgehead atoms. The highest BCUT2D eigenvalue weighted by atomic mass is 16.2. The standard InChI is InChI=1S/C20H23N3O/c24-19(22-14-18-11-5-7-13-21-18)23-15-17-10-4-6-12-20(17,23)16-8-2-1-3-9-16/h1-3,5,7-9,11,13,17H,4,6,10,12,14-15H2,(H,22,24)/t17-,20-/m1/s1. The molecule has 4 rings (SSSR count). The van der Waals surface area contributed by atoms with Gasteiger partial charge in [0, 0.05) is 18.7 Å². The van der Waals surface area contributed by atoms with Gasteiger partial charge in [-0.3, -0.25) is 4.98 Å². The Morgan fingerprint density at radius 2 is 2.00 bits per heavy atom. The van der Waals surface area contributed by atoms with Gasteiger partial charge in [0.05, 0.1) is 17.8 Å². The first kappa shape index (κ1) is 15.2. The number of pyridine rings is 1. The van der Waals surface area contributed by atoms with Crippen molar-refractivity contribution in [2.75, 3.05) is 6.54 Å². The van der Waals surface area contributed by atoms with Crippen LogP contribution < -0.4 is 5.32 Å². The van der Waals surface area contributed by atoms with Crippen LogP contribution in [0.4, 0.5) is 4.79 Å². The lowest BCUT2D eigenvalue weighted by atomic mass is 9.62.